The molecule has 1 N–H and O–H groups in total. The summed E-state index contributed by atoms with van der Waals surface area (Å²) in [5, 5.41) is 10.4. The molecule has 2 rings (SSSR count). The van der Waals surface area contributed by atoms with Gasteiger partial charge in [-0.2, -0.15) is 0 Å². The number of halogens is 2. The summed E-state index contributed by atoms with van der Waals surface area (Å²) in [6.45, 7) is 6.14. The van der Waals surface area contributed by atoms with Crippen LogP contribution >= 0.6 is 27.5 Å². The van der Waals surface area contributed by atoms with Crippen molar-refractivity contribution in [3.8, 4) is 5.75 Å². The fraction of sp³-hybridized carbons (Fsp3) is 0.211. The van der Waals surface area contributed by atoms with E-state index in [1.165, 1.54) is 12.1 Å². The Morgan fingerprint density at radius 2 is 1.83 bits per heavy atom. The van der Waals surface area contributed by atoms with Crippen molar-refractivity contribution in [2.24, 2.45) is 0 Å². The Balaban J connectivity index is 2.17. The van der Waals surface area contributed by atoms with Gasteiger partial charge in [0.2, 0.25) is 0 Å². The van der Waals surface area contributed by atoms with Crippen LogP contribution in [0.1, 0.15) is 29.8 Å². The third kappa shape index (κ3) is 4.40. The second-order valence-electron chi connectivity index (χ2n) is 5.25. The van der Waals surface area contributed by atoms with Crippen LogP contribution in [0.3, 0.4) is 0 Å². The Hall–Kier alpha value is -1.78. The summed E-state index contributed by atoms with van der Waals surface area (Å²) in [4.78, 5) is 14.5. The second-order valence-corrected chi connectivity index (χ2v) is 6.54. The first-order valence-corrected chi connectivity index (χ1v) is 8.88. The molecular weight excluding hydrogens is 390 g/mol. The molecule has 3 nitrogen and oxygen atoms in total. The van der Waals surface area contributed by atoms with E-state index in [4.69, 9.17) is 11.6 Å². The lowest BCUT2D eigenvalue weighted by Gasteiger charge is -2.20. The van der Waals surface area contributed by atoms with Gasteiger partial charge in [0.05, 0.1) is 10.0 Å². The van der Waals surface area contributed by atoms with Gasteiger partial charge in [-0.1, -0.05) is 29.8 Å². The zero-order valence-corrected chi connectivity index (χ0v) is 15.9. The maximum absolute atomic E-state index is 12.3. The lowest BCUT2D eigenvalue weighted by Crippen LogP contribution is -2.21. The highest BCUT2D eigenvalue weighted by Crippen LogP contribution is 2.32. The molecule has 0 aliphatic heterocycles. The van der Waals surface area contributed by atoms with E-state index in [9.17, 15) is 9.90 Å². The number of rotatable bonds is 6. The van der Waals surface area contributed by atoms with Crippen LogP contribution in [0, 0.1) is 0 Å². The van der Waals surface area contributed by atoms with Gasteiger partial charge in [-0.25, -0.2) is 0 Å². The number of phenolic OH excluding ortho intramolecular Hbond substituents is 1. The first kappa shape index (κ1) is 18.6. The molecule has 0 unspecified atom stereocenters. The molecule has 0 aromatic heterocycles. The van der Waals surface area contributed by atoms with Crippen LogP contribution < -0.4 is 4.90 Å². The highest BCUT2D eigenvalue weighted by Gasteiger charge is 2.12. The minimum atomic E-state index is -0.302. The Kier molecular flexibility index (Phi) is 6.46. The first-order chi connectivity index (χ1) is 11.5. The lowest BCUT2D eigenvalue weighted by molar-refractivity contribution is 0.104. The molecule has 0 heterocycles. The molecule has 0 spiro atoms. The molecule has 0 aliphatic rings. The second kappa shape index (κ2) is 8.36. The van der Waals surface area contributed by atoms with Crippen molar-refractivity contribution < 1.29 is 9.90 Å². The summed E-state index contributed by atoms with van der Waals surface area (Å²) >= 11 is 9.12. The summed E-state index contributed by atoms with van der Waals surface area (Å²) in [5.41, 5.74) is 2.24. The van der Waals surface area contributed by atoms with Crippen molar-refractivity contribution in [1.29, 1.82) is 0 Å². The van der Waals surface area contributed by atoms with E-state index < -0.39 is 0 Å². The van der Waals surface area contributed by atoms with Crippen LogP contribution in [0.5, 0.6) is 5.75 Å². The zero-order chi connectivity index (χ0) is 17.7. The fourth-order valence-electron chi connectivity index (χ4n) is 2.40. The summed E-state index contributed by atoms with van der Waals surface area (Å²) < 4.78 is 0.398. The van der Waals surface area contributed by atoms with Gasteiger partial charge in [0.15, 0.2) is 5.78 Å². The number of allylic oxidation sites excluding steroid dienone is 1. The summed E-state index contributed by atoms with van der Waals surface area (Å²) in [7, 11) is 0. The van der Waals surface area contributed by atoms with Crippen molar-refractivity contribution in [1.82, 2.24) is 0 Å². The predicted molar refractivity (Wildman–Crippen MR) is 104 cm³/mol. The monoisotopic (exact) mass is 407 g/mol. The van der Waals surface area contributed by atoms with Gasteiger partial charge in [-0.05, 0) is 65.7 Å². The SMILES string of the molecule is CCN(CC)c1ccc(/C=C/C(=O)c2cc(Cl)cc(Br)c2O)cc1. The van der Waals surface area contributed by atoms with Gasteiger partial charge < -0.3 is 10.0 Å². The van der Waals surface area contributed by atoms with E-state index >= 15 is 0 Å². The molecule has 0 saturated carbocycles. The maximum Gasteiger partial charge on any atom is 0.189 e. The average Bonchev–Trinajstić information content (AvgIpc) is 2.58. The molecule has 0 saturated heterocycles. The molecule has 24 heavy (non-hydrogen) atoms. The first-order valence-electron chi connectivity index (χ1n) is 7.71. The highest BCUT2D eigenvalue weighted by molar-refractivity contribution is 9.10. The van der Waals surface area contributed by atoms with Crippen molar-refractivity contribution in [3.63, 3.8) is 0 Å². The standard InChI is InChI=1S/C19H19BrClNO2/c1-3-22(4-2)15-8-5-13(6-9-15)7-10-18(23)16-11-14(21)12-17(20)19(16)24/h5-12,24H,3-4H2,1-2H3/b10-7+. The van der Waals surface area contributed by atoms with Crippen LogP contribution in [0.2, 0.25) is 5.02 Å². The summed E-state index contributed by atoms with van der Waals surface area (Å²) in [6, 6.07) is 11.0. The van der Waals surface area contributed by atoms with E-state index in [0.717, 1.165) is 24.3 Å². The molecule has 0 radical (unpaired) electrons. The Morgan fingerprint density at radius 1 is 1.21 bits per heavy atom. The number of phenols is 1. The third-order valence-electron chi connectivity index (χ3n) is 3.74. The largest absolute Gasteiger partial charge is 0.506 e. The molecule has 0 atom stereocenters. The Bertz CT molecular complexity index is 753. The summed E-state index contributed by atoms with van der Waals surface area (Å²) in [5.74, 6) is -0.408. The van der Waals surface area contributed by atoms with E-state index in [1.54, 1.807) is 12.1 Å². The van der Waals surface area contributed by atoms with Crippen molar-refractivity contribution in [3.05, 3.63) is 63.1 Å². The van der Waals surface area contributed by atoms with Crippen LogP contribution in [0.4, 0.5) is 5.69 Å². The van der Waals surface area contributed by atoms with Gasteiger partial charge >= 0.3 is 0 Å². The van der Waals surface area contributed by atoms with Crippen LogP contribution in [0.15, 0.2) is 46.9 Å². The van der Waals surface area contributed by atoms with Gasteiger partial charge in [0, 0.05) is 23.8 Å². The lowest BCUT2D eigenvalue weighted by atomic mass is 10.1. The normalized spacial score (nSPS) is 11.0. The number of hydrogen-bond donors (Lipinski definition) is 1. The highest BCUT2D eigenvalue weighted by atomic mass is 79.9. The number of aromatic hydroxyl groups is 1. The average molecular weight is 409 g/mol. The number of carbonyl (C=O) groups is 1. The van der Waals surface area contributed by atoms with Gasteiger partial charge in [0.25, 0.3) is 0 Å². The van der Waals surface area contributed by atoms with Crippen LogP contribution in [0.25, 0.3) is 6.08 Å². The minimum Gasteiger partial charge on any atom is -0.506 e. The van der Waals surface area contributed by atoms with Crippen molar-refractivity contribution in [2.45, 2.75) is 13.8 Å². The quantitative estimate of drug-likeness (QED) is 0.503. The number of nitrogens with zero attached hydrogens (tertiary/aromatic N) is 1. The van der Waals surface area contributed by atoms with Gasteiger partial charge in [0.1, 0.15) is 5.75 Å². The number of ketones is 1. The van der Waals surface area contributed by atoms with Crippen molar-refractivity contribution >= 4 is 45.1 Å². The molecule has 2 aromatic carbocycles. The van der Waals surface area contributed by atoms with Gasteiger partial charge in [-0.3, -0.25) is 4.79 Å². The van der Waals surface area contributed by atoms with Gasteiger partial charge in [-0.15, -0.1) is 0 Å². The fourth-order valence-corrected chi connectivity index (χ4v) is 3.21. The molecule has 5 heteroatoms. The van der Waals surface area contributed by atoms with Crippen LogP contribution in [-0.2, 0) is 0 Å². The van der Waals surface area contributed by atoms with Crippen LogP contribution in [-0.4, -0.2) is 24.0 Å². The smallest absolute Gasteiger partial charge is 0.189 e. The Labute approximate surface area is 155 Å². The third-order valence-corrected chi connectivity index (χ3v) is 4.57. The predicted octanol–water partition coefficient (Wildman–Crippen LogP) is 5.55. The number of benzene rings is 2. The van der Waals surface area contributed by atoms with E-state index in [0.29, 0.717) is 9.50 Å². The molecular formula is C19H19BrClNO2. The van der Waals surface area contributed by atoms with E-state index in [-0.39, 0.29) is 17.1 Å². The topological polar surface area (TPSA) is 40.5 Å². The number of hydrogen-bond acceptors (Lipinski definition) is 3. The molecule has 0 fully saturated rings. The number of anilines is 1. The molecule has 2 aromatic rings. The molecule has 0 aliphatic carbocycles. The molecule has 0 amide bonds. The summed E-state index contributed by atoms with van der Waals surface area (Å²) in [6.07, 6.45) is 3.16. The minimum absolute atomic E-state index is 0.106. The zero-order valence-electron chi connectivity index (χ0n) is 13.6. The van der Waals surface area contributed by atoms with Crippen molar-refractivity contribution in [2.75, 3.05) is 18.0 Å². The molecule has 0 bridgehead atoms. The molecule has 126 valence electrons. The Morgan fingerprint density at radius 3 is 2.42 bits per heavy atom. The van der Waals surface area contributed by atoms with E-state index in [1.807, 2.05) is 24.3 Å². The maximum atomic E-state index is 12.3. The van der Waals surface area contributed by atoms with E-state index in [2.05, 4.69) is 34.7 Å². The number of carbonyl (C=O) groups excluding carboxylic acids is 1.